The summed E-state index contributed by atoms with van der Waals surface area (Å²) in [7, 11) is -1.71. The van der Waals surface area contributed by atoms with Gasteiger partial charge in [0.15, 0.2) is 0 Å². The van der Waals surface area contributed by atoms with Crippen molar-refractivity contribution in [3.63, 3.8) is 0 Å². The fourth-order valence-corrected chi connectivity index (χ4v) is 8.83. The zero-order valence-electron chi connectivity index (χ0n) is 21.2. The molecule has 0 atom stereocenters. The summed E-state index contributed by atoms with van der Waals surface area (Å²) in [5, 5.41) is 8.11. The molecule has 0 radical (unpaired) electrons. The predicted octanol–water partition coefficient (Wildman–Crippen LogP) is 8.36. The van der Waals surface area contributed by atoms with Crippen molar-refractivity contribution in [2.45, 2.75) is 39.3 Å². The number of hydrogen-bond donors (Lipinski definition) is 0. The van der Waals surface area contributed by atoms with E-state index in [0.717, 1.165) is 5.69 Å². The lowest BCUT2D eigenvalue weighted by atomic mass is 9.82. The van der Waals surface area contributed by atoms with Gasteiger partial charge in [0.1, 0.15) is 8.07 Å². The van der Waals surface area contributed by atoms with Crippen LogP contribution in [0.15, 0.2) is 91.1 Å². The highest BCUT2D eigenvalue weighted by Gasteiger charge is 2.35. The Labute approximate surface area is 209 Å². The lowest BCUT2D eigenvalue weighted by Crippen LogP contribution is -2.40. The van der Waals surface area contributed by atoms with Crippen LogP contribution in [0.3, 0.4) is 0 Å². The van der Waals surface area contributed by atoms with Crippen LogP contribution in [0.2, 0.25) is 13.1 Å². The van der Waals surface area contributed by atoms with Crippen molar-refractivity contribution >= 4 is 46.1 Å². The molecule has 0 unspecified atom stereocenters. The molecule has 1 nitrogen and oxygen atoms in total. The van der Waals surface area contributed by atoms with Crippen LogP contribution in [0, 0.1) is 0 Å². The minimum absolute atomic E-state index is 0.0491. The van der Waals surface area contributed by atoms with Crippen LogP contribution < -0.4 is 5.19 Å². The molecule has 1 aromatic heterocycles. The Morgan fingerprint density at radius 3 is 2.20 bits per heavy atom. The number of pyridine rings is 1. The van der Waals surface area contributed by atoms with E-state index in [4.69, 9.17) is 4.98 Å². The standard InChI is InChI=1S/C33H31NSi/c1-33(2,3)29-20-26(19-22-10-6-8-12-27(22)29)32-28-15-14-25(18-23(28)16-17-34-32)31-21-24-11-7-9-13-30(24)35(31,4)5/h6-21H,1-5H3. The number of nitrogens with zero attached hydrogens (tertiary/aromatic N) is 1. The molecule has 172 valence electrons. The molecule has 0 fully saturated rings. The van der Waals surface area contributed by atoms with Gasteiger partial charge in [0.05, 0.1) is 5.69 Å². The van der Waals surface area contributed by atoms with Crippen molar-refractivity contribution in [2.75, 3.05) is 0 Å². The number of benzene rings is 4. The van der Waals surface area contributed by atoms with Crippen molar-refractivity contribution < 1.29 is 0 Å². The van der Waals surface area contributed by atoms with E-state index in [9.17, 15) is 0 Å². The summed E-state index contributed by atoms with van der Waals surface area (Å²) in [5.41, 5.74) is 6.40. The van der Waals surface area contributed by atoms with Gasteiger partial charge < -0.3 is 0 Å². The van der Waals surface area contributed by atoms with Gasteiger partial charge in [-0.1, -0.05) is 101 Å². The van der Waals surface area contributed by atoms with Gasteiger partial charge >= 0.3 is 0 Å². The van der Waals surface area contributed by atoms with Crippen molar-refractivity contribution in [1.29, 1.82) is 0 Å². The van der Waals surface area contributed by atoms with Crippen molar-refractivity contribution in [1.82, 2.24) is 4.98 Å². The van der Waals surface area contributed by atoms with Gasteiger partial charge in [-0.15, -0.1) is 0 Å². The summed E-state index contributed by atoms with van der Waals surface area (Å²) in [5.74, 6) is 0. The molecule has 0 aliphatic carbocycles. The molecule has 0 N–H and O–H groups in total. The van der Waals surface area contributed by atoms with Gasteiger partial charge in [-0.3, -0.25) is 4.98 Å². The Balaban J connectivity index is 1.51. The SMILES string of the molecule is CC(C)(C)c1cc(-c2nccc3cc(C4=Cc5ccccc5[Si]4(C)C)ccc23)cc2ccccc12. The molecule has 6 rings (SSSR count). The lowest BCUT2D eigenvalue weighted by molar-refractivity contribution is 0.596. The van der Waals surface area contributed by atoms with Gasteiger partial charge in [0.2, 0.25) is 0 Å². The molecule has 4 aromatic carbocycles. The van der Waals surface area contributed by atoms with E-state index >= 15 is 0 Å². The number of hydrogen-bond acceptors (Lipinski definition) is 1. The predicted molar refractivity (Wildman–Crippen MR) is 155 cm³/mol. The average molecular weight is 470 g/mol. The first-order valence-electron chi connectivity index (χ1n) is 12.5. The van der Waals surface area contributed by atoms with E-state index in [1.165, 1.54) is 54.2 Å². The minimum atomic E-state index is -1.71. The second-order valence-electron chi connectivity index (χ2n) is 11.4. The number of rotatable bonds is 2. The van der Waals surface area contributed by atoms with Crippen LogP contribution in [0.1, 0.15) is 37.5 Å². The van der Waals surface area contributed by atoms with Crippen LogP contribution in [0.4, 0.5) is 0 Å². The van der Waals surface area contributed by atoms with E-state index in [-0.39, 0.29) is 5.41 Å². The summed E-state index contributed by atoms with van der Waals surface area (Å²) < 4.78 is 0. The maximum atomic E-state index is 4.89. The van der Waals surface area contributed by atoms with Crippen molar-refractivity contribution in [2.24, 2.45) is 0 Å². The Hall–Kier alpha value is -3.49. The third-order valence-electron chi connectivity index (χ3n) is 7.63. The van der Waals surface area contributed by atoms with Crippen LogP contribution in [0.25, 0.3) is 44.1 Å². The van der Waals surface area contributed by atoms with Crippen LogP contribution in [0.5, 0.6) is 0 Å². The van der Waals surface area contributed by atoms with Crippen molar-refractivity contribution in [3.8, 4) is 11.3 Å². The first kappa shape index (κ1) is 22.0. The van der Waals surface area contributed by atoms with E-state index < -0.39 is 8.07 Å². The van der Waals surface area contributed by atoms with E-state index in [2.05, 4.69) is 125 Å². The number of aromatic nitrogens is 1. The van der Waals surface area contributed by atoms with E-state index in [0.29, 0.717) is 0 Å². The normalized spacial score (nSPS) is 14.8. The Bertz CT molecular complexity index is 1650. The zero-order valence-corrected chi connectivity index (χ0v) is 22.2. The molecule has 0 spiro atoms. The summed E-state index contributed by atoms with van der Waals surface area (Å²) in [6.07, 6.45) is 4.39. The molecule has 0 saturated carbocycles. The van der Waals surface area contributed by atoms with Crippen LogP contribution >= 0.6 is 0 Å². The molecule has 0 saturated heterocycles. The van der Waals surface area contributed by atoms with Gasteiger partial charge in [0.25, 0.3) is 0 Å². The van der Waals surface area contributed by atoms with Crippen LogP contribution in [-0.2, 0) is 5.41 Å². The van der Waals surface area contributed by atoms with E-state index in [1.54, 1.807) is 0 Å². The Morgan fingerprint density at radius 1 is 0.686 bits per heavy atom. The first-order chi connectivity index (χ1) is 16.7. The fourth-order valence-electron chi connectivity index (χ4n) is 5.76. The largest absolute Gasteiger partial charge is 0.256 e. The summed E-state index contributed by atoms with van der Waals surface area (Å²) in [6.45, 7) is 11.8. The molecular formula is C33H31NSi. The first-order valence-corrected chi connectivity index (χ1v) is 15.5. The molecule has 35 heavy (non-hydrogen) atoms. The number of fused-ring (bicyclic) bond motifs is 3. The Morgan fingerprint density at radius 2 is 1.40 bits per heavy atom. The molecular weight excluding hydrogens is 438 g/mol. The highest BCUT2D eigenvalue weighted by atomic mass is 28.3. The summed E-state index contributed by atoms with van der Waals surface area (Å²) in [4.78, 5) is 4.89. The maximum absolute atomic E-state index is 4.89. The second-order valence-corrected chi connectivity index (χ2v) is 15.7. The third-order valence-corrected chi connectivity index (χ3v) is 11.2. The Kier molecular flexibility index (Phi) is 4.88. The lowest BCUT2D eigenvalue weighted by Gasteiger charge is -2.23. The molecule has 0 bridgehead atoms. The van der Waals surface area contributed by atoms with Gasteiger partial charge in [0, 0.05) is 17.1 Å². The minimum Gasteiger partial charge on any atom is -0.256 e. The monoisotopic (exact) mass is 469 g/mol. The molecule has 0 amide bonds. The summed E-state index contributed by atoms with van der Waals surface area (Å²) >= 11 is 0. The topological polar surface area (TPSA) is 12.9 Å². The zero-order chi connectivity index (χ0) is 24.4. The maximum Gasteiger partial charge on any atom is 0.113 e. The van der Waals surface area contributed by atoms with Gasteiger partial charge in [-0.25, -0.2) is 0 Å². The highest BCUT2D eigenvalue weighted by molar-refractivity contribution is 7.07. The van der Waals surface area contributed by atoms with Crippen molar-refractivity contribution in [3.05, 3.63) is 108 Å². The molecule has 2 heteroatoms. The average Bonchev–Trinajstić information content (AvgIpc) is 3.12. The smallest absolute Gasteiger partial charge is 0.113 e. The van der Waals surface area contributed by atoms with Gasteiger partial charge in [-0.2, -0.15) is 0 Å². The highest BCUT2D eigenvalue weighted by Crippen LogP contribution is 2.38. The summed E-state index contributed by atoms with van der Waals surface area (Å²) in [6, 6.07) is 31.4. The van der Waals surface area contributed by atoms with E-state index in [1.807, 2.05) is 6.20 Å². The second kappa shape index (κ2) is 7.76. The quantitative estimate of drug-likeness (QED) is 0.237. The molecule has 1 aliphatic rings. The molecule has 1 aliphatic heterocycles. The van der Waals surface area contributed by atoms with Gasteiger partial charge in [-0.05, 0) is 72.9 Å². The fraction of sp³-hybridized carbons (Fsp3) is 0.182. The van der Waals surface area contributed by atoms with Crippen LogP contribution in [-0.4, -0.2) is 13.1 Å². The third kappa shape index (κ3) is 3.56. The molecule has 5 aromatic rings. The molecule has 2 heterocycles.